The number of aryl methyl sites for hydroxylation is 1. The molecule has 0 aromatic heterocycles. The molecule has 2 saturated heterocycles. The molecule has 8 atom stereocenters. The predicted octanol–water partition coefficient (Wildman–Crippen LogP) is 4.42. The van der Waals surface area contributed by atoms with Crippen molar-refractivity contribution < 1.29 is 71.2 Å². The number of carbonyl (C=O) groups is 3. The summed E-state index contributed by atoms with van der Waals surface area (Å²) in [5.41, 5.74) is 0.555. The Morgan fingerprint density at radius 1 is 1.28 bits per heavy atom. The van der Waals surface area contributed by atoms with Crippen molar-refractivity contribution in [2.45, 2.75) is 96.5 Å². The Labute approximate surface area is 308 Å². The van der Waals surface area contributed by atoms with Gasteiger partial charge < -0.3 is 41.3 Å². The van der Waals surface area contributed by atoms with Crippen molar-refractivity contribution in [3.05, 3.63) is 59.5 Å². The van der Waals surface area contributed by atoms with E-state index in [9.17, 15) is 24.3 Å². The van der Waals surface area contributed by atoms with Gasteiger partial charge in [-0.15, -0.1) is 0 Å². The number of benzene rings is 1. The number of anilines is 1. The summed E-state index contributed by atoms with van der Waals surface area (Å²) in [6.07, 6.45) is 4.54. The van der Waals surface area contributed by atoms with E-state index in [1.807, 2.05) is 58.1 Å². The third-order valence-electron chi connectivity index (χ3n) is 9.41. The monoisotopic (exact) mass is 748 g/mol. The number of aliphatic hydroxyl groups is 1. The number of fused-ring (bicyclic) bond motifs is 5. The van der Waals surface area contributed by atoms with E-state index in [4.69, 9.17) is 25.8 Å². The van der Waals surface area contributed by atoms with E-state index in [0.717, 1.165) is 21.6 Å². The molecular weight excluding hydrogens is 703 g/mol. The second-order valence-electron chi connectivity index (χ2n) is 12.8. The molecule has 2 fully saturated rings. The maximum Gasteiger partial charge on any atom is 0.409 e. The van der Waals surface area contributed by atoms with Gasteiger partial charge in [0.25, 0.3) is 0 Å². The SMILES string of the molecule is C/C1=C\C=C\C(C)C2(O)CC(OC(=O)N2)C(C)C2OC2(C)C(OC(=O)[C@H](C)N(C)[C-]=O)CC(=O)N(C)c2cc(cc(C)c2Cl)C1.[CH3-].[Y]. The number of epoxide rings is 1. The summed E-state index contributed by atoms with van der Waals surface area (Å²) in [5.74, 6) is -2.01. The van der Waals surface area contributed by atoms with Gasteiger partial charge in [-0.05, 0) is 58.4 Å². The number of nitrogens with one attached hydrogen (secondary N) is 1. The van der Waals surface area contributed by atoms with Gasteiger partial charge in [-0.3, -0.25) is 10.1 Å². The van der Waals surface area contributed by atoms with Gasteiger partial charge in [-0.1, -0.05) is 55.3 Å². The summed E-state index contributed by atoms with van der Waals surface area (Å²) in [5, 5.41) is 14.5. The molecule has 257 valence electrons. The van der Waals surface area contributed by atoms with Crippen LogP contribution in [0.2, 0.25) is 5.02 Å². The Bertz CT molecular complexity index is 1420. The van der Waals surface area contributed by atoms with Gasteiger partial charge in [0, 0.05) is 58.0 Å². The van der Waals surface area contributed by atoms with Gasteiger partial charge >= 0.3 is 12.1 Å². The van der Waals surface area contributed by atoms with Crippen LogP contribution in [0.4, 0.5) is 10.5 Å². The Morgan fingerprint density at radius 3 is 2.57 bits per heavy atom. The van der Waals surface area contributed by atoms with Crippen LogP contribution in [0.1, 0.15) is 58.6 Å². The Morgan fingerprint density at radius 2 is 1.94 bits per heavy atom. The number of hydrogen-bond acceptors (Lipinski definition) is 8. The average molecular weight is 749 g/mol. The molecule has 11 nitrogen and oxygen atoms in total. The van der Waals surface area contributed by atoms with Crippen LogP contribution < -0.4 is 10.2 Å². The Hall–Kier alpha value is -2.31. The fourth-order valence-electron chi connectivity index (χ4n) is 6.02. The molecular formula is C34H46ClN3O8Y-2. The fourth-order valence-corrected chi connectivity index (χ4v) is 6.26. The molecule has 1 aromatic carbocycles. The molecule has 4 bridgehead atoms. The largest absolute Gasteiger partial charge is 0.520 e. The summed E-state index contributed by atoms with van der Waals surface area (Å²) >= 11 is 6.70. The van der Waals surface area contributed by atoms with Crippen molar-refractivity contribution in [1.82, 2.24) is 10.2 Å². The molecule has 2 N–H and O–H groups in total. The van der Waals surface area contributed by atoms with Crippen LogP contribution in [-0.4, -0.2) is 84.2 Å². The topological polar surface area (TPSA) is 138 Å². The minimum atomic E-state index is -1.58. The maximum atomic E-state index is 13.8. The van der Waals surface area contributed by atoms with Crippen molar-refractivity contribution in [3.8, 4) is 0 Å². The van der Waals surface area contributed by atoms with Gasteiger partial charge in [-0.2, -0.15) is 6.41 Å². The van der Waals surface area contributed by atoms with Crippen LogP contribution in [0.25, 0.3) is 0 Å². The van der Waals surface area contributed by atoms with E-state index in [1.54, 1.807) is 20.4 Å². The Balaban J connectivity index is 0.00000384. The van der Waals surface area contributed by atoms with Gasteiger partial charge in [0.1, 0.15) is 23.5 Å². The van der Waals surface area contributed by atoms with Crippen LogP contribution >= 0.6 is 11.6 Å². The van der Waals surface area contributed by atoms with Gasteiger partial charge in [0.2, 0.25) is 5.91 Å². The molecule has 1 aromatic rings. The number of hydrogen-bond donors (Lipinski definition) is 2. The molecule has 7 unspecified atom stereocenters. The Kier molecular flexibility index (Phi) is 13.9. The normalized spacial score (nSPS) is 33.2. The molecule has 4 rings (SSSR count). The minimum absolute atomic E-state index is 0. The summed E-state index contributed by atoms with van der Waals surface area (Å²) in [4.78, 5) is 53.3. The number of allylic oxidation sites excluding steroid dienone is 3. The molecule has 1 radical (unpaired) electrons. The van der Waals surface area contributed by atoms with Gasteiger partial charge in [-0.25, -0.2) is 9.59 Å². The number of amides is 3. The van der Waals surface area contributed by atoms with Crippen molar-refractivity contribution in [2.75, 3.05) is 19.0 Å². The maximum absolute atomic E-state index is 13.8. The summed E-state index contributed by atoms with van der Waals surface area (Å²) in [6.45, 7) is 10.7. The third kappa shape index (κ3) is 8.84. The van der Waals surface area contributed by atoms with Crippen molar-refractivity contribution in [3.63, 3.8) is 0 Å². The molecule has 3 aliphatic rings. The zero-order valence-corrected chi connectivity index (χ0v) is 32.2. The first-order valence-corrected chi connectivity index (χ1v) is 15.5. The van der Waals surface area contributed by atoms with E-state index >= 15 is 0 Å². The molecule has 13 heteroatoms. The number of carbonyl (C=O) groups excluding carboxylic acids is 4. The second kappa shape index (κ2) is 15.9. The second-order valence-corrected chi connectivity index (χ2v) is 13.2. The summed E-state index contributed by atoms with van der Waals surface area (Å²) in [7, 11) is 3.02. The molecule has 0 aliphatic carbocycles. The van der Waals surface area contributed by atoms with Crippen LogP contribution in [0.15, 0.2) is 35.9 Å². The van der Waals surface area contributed by atoms with Gasteiger partial charge in [0.15, 0.2) is 0 Å². The molecule has 47 heavy (non-hydrogen) atoms. The molecule has 3 amide bonds. The zero-order chi connectivity index (χ0) is 33.4. The summed E-state index contributed by atoms with van der Waals surface area (Å²) < 4.78 is 17.7. The summed E-state index contributed by atoms with van der Waals surface area (Å²) in [6, 6.07) is 2.86. The number of likely N-dealkylation sites (N-methyl/N-ethyl adjacent to an activating group) is 1. The van der Waals surface area contributed by atoms with Crippen LogP contribution in [-0.2, 0) is 67.7 Å². The number of halogens is 1. The number of esters is 1. The number of alkyl carbamates (subject to hydrolysis) is 1. The molecule has 3 heterocycles. The quantitative estimate of drug-likeness (QED) is 0.200. The molecule has 3 aliphatic heterocycles. The predicted molar refractivity (Wildman–Crippen MR) is 175 cm³/mol. The fraction of sp³-hybridized carbons (Fsp3) is 0.559. The molecule has 0 saturated carbocycles. The van der Waals surface area contributed by atoms with Crippen molar-refractivity contribution in [2.24, 2.45) is 11.8 Å². The van der Waals surface area contributed by atoms with E-state index in [2.05, 4.69) is 5.32 Å². The van der Waals surface area contributed by atoms with Crippen molar-refractivity contribution in [1.29, 1.82) is 0 Å². The standard InChI is InChI=1S/C33H43ClN3O8.CH3.Y/c1-18-10-9-11-20(3)33(42)16-25(43-31(41)35-33)21(4)29-32(6,45-29)26(44-30(40)22(5)36(7)17-38)15-27(39)37(8)24-14-23(12-18)13-19(2)28(24)34;;/h9-11,13-14,20-22,25-26,29,42H,12,15-16H2,1-8H3,(H,35,41);1H3;/q2*-1;/b11-9+,18-10+;;/t20?,21?,22-,25?,26?,29?,32?,33?;;/m0../s1. The first-order valence-electron chi connectivity index (χ1n) is 15.1. The van der Waals surface area contributed by atoms with E-state index in [1.165, 1.54) is 18.9 Å². The van der Waals surface area contributed by atoms with Crippen LogP contribution in [0.5, 0.6) is 0 Å². The van der Waals surface area contributed by atoms with Crippen molar-refractivity contribution >= 4 is 41.7 Å². The minimum Gasteiger partial charge on any atom is -0.520 e. The smallest absolute Gasteiger partial charge is 0.409 e. The number of ether oxygens (including phenoxy) is 3. The third-order valence-corrected chi connectivity index (χ3v) is 9.90. The van der Waals surface area contributed by atoms with E-state index < -0.39 is 59.6 Å². The van der Waals surface area contributed by atoms with Crippen LogP contribution in [0.3, 0.4) is 0 Å². The first-order chi connectivity index (χ1) is 21.0. The zero-order valence-electron chi connectivity index (χ0n) is 28.6. The number of rotatable bonds is 4. The van der Waals surface area contributed by atoms with Crippen LogP contribution in [0, 0.1) is 26.2 Å². The average Bonchev–Trinajstić information content (AvgIpc) is 3.68. The number of nitrogens with zero attached hydrogens (tertiary/aromatic N) is 2. The van der Waals surface area contributed by atoms with Gasteiger partial charge in [0.05, 0.1) is 29.3 Å². The van der Waals surface area contributed by atoms with E-state index in [-0.39, 0.29) is 58.9 Å². The molecule has 0 spiro atoms. The first kappa shape index (κ1) is 40.9. The van der Waals surface area contributed by atoms with E-state index in [0.29, 0.717) is 17.1 Å².